The summed E-state index contributed by atoms with van der Waals surface area (Å²) < 4.78 is 0. The van der Waals surface area contributed by atoms with E-state index in [1.54, 1.807) is 0 Å². The molecule has 0 bridgehead atoms. The summed E-state index contributed by atoms with van der Waals surface area (Å²) in [7, 11) is 0. The van der Waals surface area contributed by atoms with Gasteiger partial charge in [0.2, 0.25) is 5.91 Å². The molecule has 0 radical (unpaired) electrons. The minimum absolute atomic E-state index is 0.00769. The van der Waals surface area contributed by atoms with E-state index in [1.807, 2.05) is 68.4 Å². The maximum atomic E-state index is 11.8. The molecule has 2 rings (SSSR count). The van der Waals surface area contributed by atoms with E-state index in [1.165, 1.54) is 0 Å². The summed E-state index contributed by atoms with van der Waals surface area (Å²) in [5, 5.41) is 3.27. The number of benzene rings is 2. The third-order valence-electron chi connectivity index (χ3n) is 3.59. The average molecular weight is 268 g/mol. The molecule has 0 aliphatic carbocycles. The molecule has 0 aromatic heterocycles. The minimum atomic E-state index is -0.432. The van der Waals surface area contributed by atoms with Gasteiger partial charge in [0, 0.05) is 11.6 Å². The summed E-state index contributed by atoms with van der Waals surface area (Å²) >= 11 is 0. The molecule has 2 unspecified atom stereocenters. The van der Waals surface area contributed by atoms with Crippen molar-refractivity contribution in [2.45, 2.75) is 25.8 Å². The molecule has 0 heterocycles. The number of para-hydroxylation sites is 1. The Balaban J connectivity index is 2.24. The Hall–Kier alpha value is -2.29. The van der Waals surface area contributed by atoms with E-state index in [0.717, 1.165) is 16.8 Å². The van der Waals surface area contributed by atoms with Gasteiger partial charge in [-0.1, -0.05) is 55.5 Å². The lowest BCUT2D eigenvalue weighted by molar-refractivity contribution is -0.119. The van der Waals surface area contributed by atoms with Crippen LogP contribution in [0.2, 0.25) is 0 Å². The predicted octanol–water partition coefficient (Wildman–Crippen LogP) is 3.06. The molecule has 3 nitrogen and oxygen atoms in total. The van der Waals surface area contributed by atoms with E-state index >= 15 is 0 Å². The zero-order valence-electron chi connectivity index (χ0n) is 11.8. The highest BCUT2D eigenvalue weighted by atomic mass is 16.1. The number of hydrogen-bond acceptors (Lipinski definition) is 2. The number of hydrogen-bond donors (Lipinski definition) is 2. The van der Waals surface area contributed by atoms with Gasteiger partial charge in [0.15, 0.2) is 0 Å². The van der Waals surface area contributed by atoms with Crippen LogP contribution in [0.1, 0.15) is 24.0 Å². The van der Waals surface area contributed by atoms with E-state index in [4.69, 9.17) is 5.73 Å². The molecule has 0 saturated carbocycles. The lowest BCUT2D eigenvalue weighted by Gasteiger charge is -2.24. The topological polar surface area (TPSA) is 55.1 Å². The lowest BCUT2D eigenvalue weighted by atomic mass is 9.92. The van der Waals surface area contributed by atoms with Gasteiger partial charge < -0.3 is 11.1 Å². The first-order valence-corrected chi connectivity index (χ1v) is 6.76. The van der Waals surface area contributed by atoms with Crippen LogP contribution in [0.25, 0.3) is 0 Å². The number of aryl methyl sites for hydroxylation is 1. The van der Waals surface area contributed by atoms with Gasteiger partial charge in [-0.2, -0.15) is 0 Å². The van der Waals surface area contributed by atoms with Crippen LogP contribution >= 0.6 is 0 Å². The second-order valence-corrected chi connectivity index (χ2v) is 5.04. The van der Waals surface area contributed by atoms with E-state index in [2.05, 4.69) is 5.32 Å². The van der Waals surface area contributed by atoms with Crippen molar-refractivity contribution < 1.29 is 4.79 Å². The number of carbonyl (C=O) groups is 1. The van der Waals surface area contributed by atoms with Crippen LogP contribution < -0.4 is 11.1 Å². The van der Waals surface area contributed by atoms with Gasteiger partial charge in [0.25, 0.3) is 0 Å². The molecule has 2 aromatic rings. The lowest BCUT2D eigenvalue weighted by Crippen LogP contribution is -2.39. The van der Waals surface area contributed by atoms with Crippen LogP contribution in [0.3, 0.4) is 0 Å². The van der Waals surface area contributed by atoms with Crippen LogP contribution in [-0.2, 0) is 4.79 Å². The summed E-state index contributed by atoms with van der Waals surface area (Å²) in [6, 6.07) is 17.4. The van der Waals surface area contributed by atoms with E-state index < -0.39 is 6.04 Å². The van der Waals surface area contributed by atoms with Crippen molar-refractivity contribution in [1.29, 1.82) is 0 Å². The number of carbonyl (C=O) groups excluding carboxylic acids is 1. The fourth-order valence-electron chi connectivity index (χ4n) is 2.29. The van der Waals surface area contributed by atoms with E-state index in [-0.39, 0.29) is 11.8 Å². The molecule has 20 heavy (non-hydrogen) atoms. The minimum Gasteiger partial charge on any atom is -0.373 e. The van der Waals surface area contributed by atoms with Gasteiger partial charge >= 0.3 is 0 Å². The second-order valence-electron chi connectivity index (χ2n) is 5.04. The second kappa shape index (κ2) is 6.24. The molecule has 3 heteroatoms. The van der Waals surface area contributed by atoms with Crippen molar-refractivity contribution in [3.63, 3.8) is 0 Å². The van der Waals surface area contributed by atoms with Crippen molar-refractivity contribution in [3.05, 3.63) is 65.7 Å². The van der Waals surface area contributed by atoms with Crippen molar-refractivity contribution in [1.82, 2.24) is 0 Å². The summed E-state index contributed by atoms with van der Waals surface area (Å²) in [5.41, 5.74) is 8.71. The van der Waals surface area contributed by atoms with Crippen molar-refractivity contribution >= 4 is 11.6 Å². The van der Waals surface area contributed by atoms with Gasteiger partial charge in [-0.3, -0.25) is 4.79 Å². The Labute approximate surface area is 119 Å². The third kappa shape index (κ3) is 3.18. The highest BCUT2D eigenvalue weighted by Gasteiger charge is 2.24. The Bertz CT molecular complexity index is 581. The molecule has 1 amide bonds. The van der Waals surface area contributed by atoms with E-state index in [0.29, 0.717) is 0 Å². The van der Waals surface area contributed by atoms with Gasteiger partial charge in [-0.25, -0.2) is 0 Å². The number of anilines is 1. The maximum Gasteiger partial charge on any atom is 0.240 e. The number of nitrogens with one attached hydrogen (secondary N) is 1. The van der Waals surface area contributed by atoms with E-state index in [9.17, 15) is 4.79 Å². The van der Waals surface area contributed by atoms with Crippen LogP contribution in [0.4, 0.5) is 5.69 Å². The number of amides is 1. The summed E-state index contributed by atoms with van der Waals surface area (Å²) in [6.45, 7) is 4.02. The van der Waals surface area contributed by atoms with Gasteiger partial charge in [0.1, 0.15) is 6.04 Å². The zero-order valence-corrected chi connectivity index (χ0v) is 11.8. The van der Waals surface area contributed by atoms with Crippen LogP contribution in [-0.4, -0.2) is 11.9 Å². The SMILES string of the molecule is Cc1ccccc1NC(C(N)=O)C(C)c1ccccc1. The van der Waals surface area contributed by atoms with Crippen LogP contribution in [0.15, 0.2) is 54.6 Å². The zero-order chi connectivity index (χ0) is 14.5. The van der Waals surface area contributed by atoms with Crippen molar-refractivity contribution in [2.75, 3.05) is 5.32 Å². The summed E-state index contributed by atoms with van der Waals surface area (Å²) in [5.74, 6) is -0.335. The molecule has 3 N–H and O–H groups in total. The molecular weight excluding hydrogens is 248 g/mol. The molecular formula is C17H20N2O. The van der Waals surface area contributed by atoms with Crippen LogP contribution in [0.5, 0.6) is 0 Å². The summed E-state index contributed by atoms with van der Waals surface area (Å²) in [4.78, 5) is 11.8. The Kier molecular flexibility index (Phi) is 4.41. The Morgan fingerprint density at radius 2 is 1.65 bits per heavy atom. The first-order chi connectivity index (χ1) is 9.59. The number of nitrogens with two attached hydrogens (primary N) is 1. The predicted molar refractivity (Wildman–Crippen MR) is 82.6 cm³/mol. The van der Waals surface area contributed by atoms with Crippen molar-refractivity contribution in [3.8, 4) is 0 Å². The molecule has 0 fully saturated rings. The monoisotopic (exact) mass is 268 g/mol. The third-order valence-corrected chi connectivity index (χ3v) is 3.59. The molecule has 0 aliphatic heterocycles. The first-order valence-electron chi connectivity index (χ1n) is 6.76. The molecule has 2 aromatic carbocycles. The smallest absolute Gasteiger partial charge is 0.240 e. The van der Waals surface area contributed by atoms with Gasteiger partial charge in [-0.15, -0.1) is 0 Å². The van der Waals surface area contributed by atoms with Gasteiger partial charge in [0.05, 0.1) is 0 Å². The van der Waals surface area contributed by atoms with Crippen LogP contribution in [0, 0.1) is 6.92 Å². The van der Waals surface area contributed by atoms with Gasteiger partial charge in [-0.05, 0) is 24.1 Å². The molecule has 0 saturated heterocycles. The first kappa shape index (κ1) is 14.1. The molecule has 2 atom stereocenters. The molecule has 0 spiro atoms. The number of rotatable bonds is 5. The quantitative estimate of drug-likeness (QED) is 0.875. The molecule has 0 aliphatic rings. The maximum absolute atomic E-state index is 11.8. The largest absolute Gasteiger partial charge is 0.373 e. The fraction of sp³-hybridized carbons (Fsp3) is 0.235. The van der Waals surface area contributed by atoms with Crippen molar-refractivity contribution in [2.24, 2.45) is 5.73 Å². The normalized spacial score (nSPS) is 13.5. The highest BCUT2D eigenvalue weighted by Crippen LogP contribution is 2.23. The highest BCUT2D eigenvalue weighted by molar-refractivity contribution is 5.84. The summed E-state index contributed by atoms with van der Waals surface area (Å²) in [6.07, 6.45) is 0. The Morgan fingerprint density at radius 3 is 2.25 bits per heavy atom. The fourth-order valence-corrected chi connectivity index (χ4v) is 2.29. The standard InChI is InChI=1S/C17H20N2O/c1-12-8-6-7-11-15(12)19-16(17(18)20)13(2)14-9-4-3-5-10-14/h3-11,13,16,19H,1-2H3,(H2,18,20). The average Bonchev–Trinajstić information content (AvgIpc) is 2.46. The molecule has 104 valence electrons. The Morgan fingerprint density at radius 1 is 1.05 bits per heavy atom. The number of primary amides is 1.